The van der Waals surface area contributed by atoms with Crippen molar-refractivity contribution in [3.63, 3.8) is 0 Å². The molecule has 1 aromatic rings. The number of carbonyl (C=O) groups is 1. The molecule has 0 aliphatic heterocycles. The summed E-state index contributed by atoms with van der Waals surface area (Å²) in [6, 6.07) is 3.90. The summed E-state index contributed by atoms with van der Waals surface area (Å²) < 4.78 is -0.865. The van der Waals surface area contributed by atoms with Gasteiger partial charge < -0.3 is 10.2 Å². The van der Waals surface area contributed by atoms with Gasteiger partial charge in [-0.05, 0) is 36.3 Å². The highest BCUT2D eigenvalue weighted by molar-refractivity contribution is 8.01. The second-order valence-electron chi connectivity index (χ2n) is 8.76. The lowest BCUT2D eigenvalue weighted by atomic mass is 9.79. The normalized spacial score (nSPS) is 15.2. The molecule has 2 N–H and O–H groups in total. The van der Waals surface area contributed by atoms with E-state index in [2.05, 4.69) is 41.5 Å². The molecule has 0 bridgehead atoms. The molecular weight excluding hydrogens is 320 g/mol. The van der Waals surface area contributed by atoms with Crippen LogP contribution in [-0.4, -0.2) is 20.9 Å². The van der Waals surface area contributed by atoms with Crippen molar-refractivity contribution >= 4 is 17.7 Å². The standard InChI is InChI=1S/C20H32O3S/c1-9-10-20(8,17(22)23)24-13-11-14(18(2,3)4)16(21)15(12-13)19(5,6)7/h11-12,21H,9-10H2,1-8H3,(H,22,23)/t20-/m0/s1. The average Bonchev–Trinajstić information content (AvgIpc) is 2.38. The van der Waals surface area contributed by atoms with Crippen LogP contribution in [0.3, 0.4) is 0 Å². The molecule has 0 amide bonds. The average molecular weight is 353 g/mol. The van der Waals surface area contributed by atoms with E-state index in [1.807, 2.05) is 19.1 Å². The largest absolute Gasteiger partial charge is 0.507 e. The third-order valence-electron chi connectivity index (χ3n) is 4.22. The number of thioether (sulfide) groups is 1. The maximum atomic E-state index is 11.8. The summed E-state index contributed by atoms with van der Waals surface area (Å²) in [5, 5.41) is 20.4. The zero-order valence-corrected chi connectivity index (χ0v) is 17.1. The molecular formula is C20H32O3S. The first-order valence-corrected chi connectivity index (χ1v) is 9.34. The Morgan fingerprint density at radius 1 is 1.00 bits per heavy atom. The second-order valence-corrected chi connectivity index (χ2v) is 10.3. The molecule has 4 heteroatoms. The first kappa shape index (κ1) is 20.9. The van der Waals surface area contributed by atoms with Crippen molar-refractivity contribution in [3.8, 4) is 5.75 Å². The van der Waals surface area contributed by atoms with Crippen molar-refractivity contribution in [2.75, 3.05) is 0 Å². The van der Waals surface area contributed by atoms with Crippen LogP contribution in [0.2, 0.25) is 0 Å². The highest BCUT2D eigenvalue weighted by Gasteiger charge is 2.35. The molecule has 0 unspecified atom stereocenters. The molecule has 0 fully saturated rings. The summed E-state index contributed by atoms with van der Waals surface area (Å²) in [4.78, 5) is 12.7. The molecule has 3 nitrogen and oxygen atoms in total. The Bertz CT molecular complexity index is 573. The number of aromatic hydroxyl groups is 1. The minimum atomic E-state index is -0.865. The fourth-order valence-electron chi connectivity index (χ4n) is 2.75. The maximum absolute atomic E-state index is 11.8. The van der Waals surface area contributed by atoms with E-state index in [0.717, 1.165) is 22.4 Å². The monoisotopic (exact) mass is 352 g/mol. The smallest absolute Gasteiger partial charge is 0.319 e. The number of benzene rings is 1. The lowest BCUT2D eigenvalue weighted by Gasteiger charge is -2.30. The van der Waals surface area contributed by atoms with Crippen LogP contribution < -0.4 is 0 Å². The van der Waals surface area contributed by atoms with Crippen molar-refractivity contribution in [2.45, 2.75) is 88.7 Å². The number of phenols is 1. The number of aliphatic carboxylic acids is 1. The first-order valence-electron chi connectivity index (χ1n) is 8.52. The molecule has 0 aliphatic carbocycles. The Morgan fingerprint density at radius 2 is 1.42 bits per heavy atom. The van der Waals surface area contributed by atoms with E-state index in [9.17, 15) is 15.0 Å². The van der Waals surface area contributed by atoms with Gasteiger partial charge in [-0.1, -0.05) is 54.9 Å². The van der Waals surface area contributed by atoms with E-state index in [0.29, 0.717) is 12.2 Å². The molecule has 0 saturated heterocycles. The minimum Gasteiger partial charge on any atom is -0.507 e. The zero-order chi connectivity index (χ0) is 18.9. The van der Waals surface area contributed by atoms with Crippen LogP contribution >= 0.6 is 11.8 Å². The van der Waals surface area contributed by atoms with Gasteiger partial charge in [0.15, 0.2) is 0 Å². The molecule has 0 radical (unpaired) electrons. The van der Waals surface area contributed by atoms with Gasteiger partial charge in [-0.25, -0.2) is 0 Å². The summed E-state index contributed by atoms with van der Waals surface area (Å²) in [5.41, 5.74) is 1.29. The number of hydrogen-bond acceptors (Lipinski definition) is 3. The SMILES string of the molecule is CCC[C@](C)(Sc1cc(C(C)(C)C)c(O)c(C(C)(C)C)c1)C(=O)O. The van der Waals surface area contributed by atoms with Crippen LogP contribution in [-0.2, 0) is 15.6 Å². The van der Waals surface area contributed by atoms with Crippen LogP contribution in [0.4, 0.5) is 0 Å². The van der Waals surface area contributed by atoms with Crippen LogP contribution in [0.1, 0.15) is 79.4 Å². The van der Waals surface area contributed by atoms with E-state index < -0.39 is 10.7 Å². The van der Waals surface area contributed by atoms with E-state index in [1.54, 1.807) is 6.92 Å². The quantitative estimate of drug-likeness (QED) is 0.665. The van der Waals surface area contributed by atoms with Crippen LogP contribution in [0.25, 0.3) is 0 Å². The lowest BCUT2D eigenvalue weighted by molar-refractivity contribution is -0.139. The summed E-state index contributed by atoms with van der Waals surface area (Å²) >= 11 is 1.38. The molecule has 0 aromatic heterocycles. The minimum absolute atomic E-state index is 0.217. The van der Waals surface area contributed by atoms with Crippen molar-refractivity contribution in [1.29, 1.82) is 0 Å². The summed E-state index contributed by atoms with van der Waals surface area (Å²) in [7, 11) is 0. The first-order chi connectivity index (χ1) is 10.7. The predicted octanol–water partition coefficient (Wildman–Crippen LogP) is 5.72. The number of rotatable bonds is 5. The summed E-state index contributed by atoms with van der Waals surface area (Å²) in [6.45, 7) is 16.1. The molecule has 1 atom stereocenters. The van der Waals surface area contributed by atoms with Crippen LogP contribution in [0, 0.1) is 0 Å². The molecule has 136 valence electrons. The van der Waals surface area contributed by atoms with Gasteiger partial charge in [0.1, 0.15) is 10.5 Å². The van der Waals surface area contributed by atoms with Crippen molar-refractivity contribution in [2.24, 2.45) is 0 Å². The maximum Gasteiger partial charge on any atom is 0.319 e. The highest BCUT2D eigenvalue weighted by Crippen LogP contribution is 2.45. The molecule has 1 rings (SSSR count). The van der Waals surface area contributed by atoms with E-state index in [1.165, 1.54) is 11.8 Å². The lowest BCUT2D eigenvalue weighted by Crippen LogP contribution is -2.31. The zero-order valence-electron chi connectivity index (χ0n) is 16.3. The Balaban J connectivity index is 3.52. The van der Waals surface area contributed by atoms with Crippen LogP contribution in [0.5, 0.6) is 5.75 Å². The van der Waals surface area contributed by atoms with Gasteiger partial charge in [-0.2, -0.15) is 0 Å². The fraction of sp³-hybridized carbons (Fsp3) is 0.650. The van der Waals surface area contributed by atoms with Gasteiger partial charge in [0.25, 0.3) is 0 Å². The third-order valence-corrected chi connectivity index (χ3v) is 5.52. The molecule has 1 aromatic carbocycles. The Morgan fingerprint density at radius 3 is 1.71 bits per heavy atom. The molecule has 0 spiro atoms. The van der Waals surface area contributed by atoms with E-state index in [-0.39, 0.29) is 10.8 Å². The highest BCUT2D eigenvalue weighted by atomic mass is 32.2. The number of carboxylic acid groups (broad SMARTS) is 1. The predicted molar refractivity (Wildman–Crippen MR) is 102 cm³/mol. The number of carboxylic acids is 1. The van der Waals surface area contributed by atoms with Crippen molar-refractivity contribution in [3.05, 3.63) is 23.3 Å². The van der Waals surface area contributed by atoms with Crippen LogP contribution in [0.15, 0.2) is 17.0 Å². The Hall–Kier alpha value is -1.16. The van der Waals surface area contributed by atoms with Gasteiger partial charge in [0.2, 0.25) is 0 Å². The molecule has 24 heavy (non-hydrogen) atoms. The fourth-order valence-corrected chi connectivity index (χ4v) is 4.02. The number of phenolic OH excluding ortho intramolecular Hbond substituents is 1. The van der Waals surface area contributed by atoms with Crippen molar-refractivity contribution in [1.82, 2.24) is 0 Å². The third kappa shape index (κ3) is 4.69. The Kier molecular flexibility index (Phi) is 6.08. The van der Waals surface area contributed by atoms with Gasteiger partial charge in [-0.15, -0.1) is 11.8 Å². The molecule has 0 heterocycles. The van der Waals surface area contributed by atoms with Crippen molar-refractivity contribution < 1.29 is 15.0 Å². The van der Waals surface area contributed by atoms with E-state index in [4.69, 9.17) is 0 Å². The molecule has 0 saturated carbocycles. The Labute approximate surface area is 150 Å². The summed E-state index contributed by atoms with van der Waals surface area (Å²) in [5.74, 6) is -0.469. The molecule has 0 aliphatic rings. The van der Waals surface area contributed by atoms with Gasteiger partial charge in [0.05, 0.1) is 0 Å². The topological polar surface area (TPSA) is 57.5 Å². The number of hydrogen-bond donors (Lipinski definition) is 2. The summed E-state index contributed by atoms with van der Waals surface area (Å²) in [6.07, 6.45) is 1.41. The van der Waals surface area contributed by atoms with Gasteiger partial charge in [0, 0.05) is 16.0 Å². The van der Waals surface area contributed by atoms with Gasteiger partial charge in [-0.3, -0.25) is 4.79 Å². The van der Waals surface area contributed by atoms with Gasteiger partial charge >= 0.3 is 5.97 Å². The van der Waals surface area contributed by atoms with E-state index >= 15 is 0 Å². The second kappa shape index (κ2) is 6.99.